The molecular weight excluding hydrogens is 270 g/mol. The van der Waals surface area contributed by atoms with Crippen LogP contribution in [0, 0.1) is 0 Å². The number of aliphatic imine (C=N–C) groups is 1. The monoisotopic (exact) mass is 283 g/mol. The van der Waals surface area contributed by atoms with Gasteiger partial charge in [-0.2, -0.15) is 0 Å². The summed E-state index contributed by atoms with van der Waals surface area (Å²) in [6.07, 6.45) is 1.57. The second-order valence-electron chi connectivity index (χ2n) is 4.23. The molecule has 5 nitrogen and oxygen atoms in total. The molecule has 1 N–H and O–H groups in total. The third-order valence-corrected chi connectivity index (χ3v) is 2.78. The molecule has 5 heteroatoms. The molecule has 2 rings (SSSR count). The maximum Gasteiger partial charge on any atom is 0.337 e. The number of nitrogens with zero attached hydrogens (tertiary/aromatic N) is 1. The van der Waals surface area contributed by atoms with Crippen molar-refractivity contribution in [3.05, 3.63) is 65.2 Å². The SMILES string of the molecule is COC(=O)c1ccc(N=Cc2cccc(C(=O)O)c2)cc1. The molecule has 0 unspecified atom stereocenters. The van der Waals surface area contributed by atoms with Gasteiger partial charge in [-0.1, -0.05) is 12.1 Å². The van der Waals surface area contributed by atoms with Crippen molar-refractivity contribution in [2.45, 2.75) is 0 Å². The highest BCUT2D eigenvalue weighted by Gasteiger charge is 2.04. The Kier molecular flexibility index (Phi) is 4.46. The van der Waals surface area contributed by atoms with Crippen molar-refractivity contribution in [2.75, 3.05) is 7.11 Å². The highest BCUT2D eigenvalue weighted by Crippen LogP contribution is 2.14. The van der Waals surface area contributed by atoms with Crippen LogP contribution in [0.3, 0.4) is 0 Å². The number of carboxylic acid groups (broad SMARTS) is 1. The van der Waals surface area contributed by atoms with E-state index in [2.05, 4.69) is 9.73 Å². The molecule has 0 amide bonds. The van der Waals surface area contributed by atoms with Crippen LogP contribution in [0.5, 0.6) is 0 Å². The van der Waals surface area contributed by atoms with Crippen LogP contribution >= 0.6 is 0 Å². The van der Waals surface area contributed by atoms with Gasteiger partial charge in [0.1, 0.15) is 0 Å². The van der Waals surface area contributed by atoms with Gasteiger partial charge in [-0.05, 0) is 42.0 Å². The van der Waals surface area contributed by atoms with E-state index < -0.39 is 11.9 Å². The van der Waals surface area contributed by atoms with E-state index in [1.807, 2.05) is 0 Å². The summed E-state index contributed by atoms with van der Waals surface area (Å²) in [5, 5.41) is 8.91. The number of carboxylic acids is 1. The summed E-state index contributed by atoms with van der Waals surface area (Å²) in [5.41, 5.74) is 2.00. The van der Waals surface area contributed by atoms with Crippen LogP contribution in [-0.2, 0) is 4.74 Å². The summed E-state index contributed by atoms with van der Waals surface area (Å²) in [6.45, 7) is 0. The number of hydrogen-bond acceptors (Lipinski definition) is 4. The number of aromatic carboxylic acids is 1. The fourth-order valence-electron chi connectivity index (χ4n) is 1.70. The Balaban J connectivity index is 2.16. The lowest BCUT2D eigenvalue weighted by Crippen LogP contribution is -1.99. The molecule has 0 aliphatic carbocycles. The summed E-state index contributed by atoms with van der Waals surface area (Å²) >= 11 is 0. The molecule has 0 heterocycles. The molecule has 0 aliphatic heterocycles. The molecule has 0 saturated heterocycles. The Labute approximate surface area is 121 Å². The minimum atomic E-state index is -0.979. The van der Waals surface area contributed by atoms with Crippen LogP contribution in [0.15, 0.2) is 53.5 Å². The topological polar surface area (TPSA) is 76.0 Å². The van der Waals surface area contributed by atoms with Crippen molar-refractivity contribution in [1.82, 2.24) is 0 Å². The van der Waals surface area contributed by atoms with E-state index >= 15 is 0 Å². The van der Waals surface area contributed by atoms with E-state index in [1.54, 1.807) is 42.6 Å². The van der Waals surface area contributed by atoms with Crippen molar-refractivity contribution in [2.24, 2.45) is 4.99 Å². The number of carbonyl (C=O) groups is 2. The molecule has 0 spiro atoms. The second kappa shape index (κ2) is 6.47. The van der Waals surface area contributed by atoms with Crippen LogP contribution in [0.1, 0.15) is 26.3 Å². The van der Waals surface area contributed by atoms with Crippen LogP contribution in [0.2, 0.25) is 0 Å². The molecule has 2 aromatic rings. The number of benzene rings is 2. The number of rotatable bonds is 4. The van der Waals surface area contributed by atoms with Crippen molar-refractivity contribution >= 4 is 23.8 Å². The fraction of sp³-hybridized carbons (Fsp3) is 0.0625. The largest absolute Gasteiger partial charge is 0.478 e. The zero-order chi connectivity index (χ0) is 15.2. The van der Waals surface area contributed by atoms with E-state index in [4.69, 9.17) is 5.11 Å². The van der Waals surface area contributed by atoms with Gasteiger partial charge in [0.05, 0.1) is 23.9 Å². The summed E-state index contributed by atoms with van der Waals surface area (Å²) < 4.78 is 4.61. The normalized spacial score (nSPS) is 10.5. The third kappa shape index (κ3) is 3.76. The Bertz CT molecular complexity index is 690. The van der Waals surface area contributed by atoms with E-state index in [-0.39, 0.29) is 5.56 Å². The summed E-state index contributed by atoms with van der Waals surface area (Å²) in [6, 6.07) is 13.1. The van der Waals surface area contributed by atoms with E-state index in [0.29, 0.717) is 16.8 Å². The third-order valence-electron chi connectivity index (χ3n) is 2.78. The van der Waals surface area contributed by atoms with Crippen LogP contribution in [-0.4, -0.2) is 30.4 Å². The molecule has 0 atom stereocenters. The Morgan fingerprint density at radius 2 is 1.81 bits per heavy atom. The van der Waals surface area contributed by atoms with Gasteiger partial charge in [-0.25, -0.2) is 9.59 Å². The molecule has 0 aromatic heterocycles. The molecule has 106 valence electrons. The zero-order valence-electron chi connectivity index (χ0n) is 11.3. The fourth-order valence-corrected chi connectivity index (χ4v) is 1.70. The number of carbonyl (C=O) groups excluding carboxylic acids is 1. The Morgan fingerprint density at radius 3 is 2.43 bits per heavy atom. The first-order chi connectivity index (χ1) is 10.1. The number of esters is 1. The van der Waals surface area contributed by atoms with Gasteiger partial charge in [0.2, 0.25) is 0 Å². The minimum absolute atomic E-state index is 0.208. The zero-order valence-corrected chi connectivity index (χ0v) is 11.3. The van der Waals surface area contributed by atoms with Crippen molar-refractivity contribution in [3.8, 4) is 0 Å². The quantitative estimate of drug-likeness (QED) is 0.691. The Morgan fingerprint density at radius 1 is 1.10 bits per heavy atom. The summed E-state index contributed by atoms with van der Waals surface area (Å²) in [4.78, 5) is 26.4. The molecule has 0 bridgehead atoms. The van der Waals surface area contributed by atoms with Crippen molar-refractivity contribution < 1.29 is 19.4 Å². The molecule has 0 saturated carbocycles. The second-order valence-corrected chi connectivity index (χ2v) is 4.23. The van der Waals surface area contributed by atoms with Crippen LogP contribution < -0.4 is 0 Å². The highest BCUT2D eigenvalue weighted by molar-refractivity contribution is 5.92. The molecule has 21 heavy (non-hydrogen) atoms. The van der Waals surface area contributed by atoms with Gasteiger partial charge < -0.3 is 9.84 Å². The predicted molar refractivity (Wildman–Crippen MR) is 78.4 cm³/mol. The molecule has 2 aromatic carbocycles. The van der Waals surface area contributed by atoms with Gasteiger partial charge in [0.15, 0.2) is 0 Å². The Hall–Kier alpha value is -2.95. The first-order valence-corrected chi connectivity index (χ1v) is 6.16. The number of hydrogen-bond donors (Lipinski definition) is 1. The maximum atomic E-state index is 11.3. The first kappa shape index (κ1) is 14.5. The lowest BCUT2D eigenvalue weighted by Gasteiger charge is -1.99. The molecule has 0 fully saturated rings. The maximum absolute atomic E-state index is 11.3. The highest BCUT2D eigenvalue weighted by atomic mass is 16.5. The van der Waals surface area contributed by atoms with Crippen LogP contribution in [0.25, 0.3) is 0 Å². The molecule has 0 aliphatic rings. The van der Waals surface area contributed by atoms with E-state index in [9.17, 15) is 9.59 Å². The first-order valence-electron chi connectivity index (χ1n) is 6.16. The average Bonchev–Trinajstić information content (AvgIpc) is 2.53. The smallest absolute Gasteiger partial charge is 0.337 e. The molecule has 0 radical (unpaired) electrons. The van der Waals surface area contributed by atoms with Crippen molar-refractivity contribution in [3.63, 3.8) is 0 Å². The standard InChI is InChI=1S/C16H13NO4/c1-21-16(20)12-5-7-14(8-6-12)17-10-11-3-2-4-13(9-11)15(18)19/h2-10H,1H3,(H,18,19). The molecular formula is C16H13NO4. The predicted octanol–water partition coefficient (Wildman–Crippen LogP) is 2.92. The lowest BCUT2D eigenvalue weighted by molar-refractivity contribution is 0.0600. The number of methoxy groups -OCH3 is 1. The van der Waals surface area contributed by atoms with Crippen molar-refractivity contribution in [1.29, 1.82) is 0 Å². The van der Waals surface area contributed by atoms with Gasteiger partial charge in [-0.15, -0.1) is 0 Å². The van der Waals surface area contributed by atoms with Gasteiger partial charge in [-0.3, -0.25) is 4.99 Å². The summed E-state index contributed by atoms with van der Waals surface area (Å²) in [7, 11) is 1.32. The van der Waals surface area contributed by atoms with Crippen LogP contribution in [0.4, 0.5) is 5.69 Å². The summed E-state index contributed by atoms with van der Waals surface area (Å²) in [5.74, 6) is -1.38. The number of ether oxygens (including phenoxy) is 1. The average molecular weight is 283 g/mol. The van der Waals surface area contributed by atoms with Gasteiger partial charge in [0, 0.05) is 6.21 Å². The van der Waals surface area contributed by atoms with Gasteiger partial charge >= 0.3 is 11.9 Å². The minimum Gasteiger partial charge on any atom is -0.478 e. The van der Waals surface area contributed by atoms with Gasteiger partial charge in [0.25, 0.3) is 0 Å². The lowest BCUT2D eigenvalue weighted by atomic mass is 10.1. The van der Waals surface area contributed by atoms with E-state index in [0.717, 1.165) is 0 Å². The van der Waals surface area contributed by atoms with E-state index in [1.165, 1.54) is 19.2 Å².